The van der Waals surface area contributed by atoms with E-state index in [0.717, 1.165) is 10.5 Å². The van der Waals surface area contributed by atoms with Crippen molar-refractivity contribution in [1.29, 1.82) is 0 Å². The van der Waals surface area contributed by atoms with Crippen LogP contribution in [0.3, 0.4) is 0 Å². The molecule has 0 aliphatic heterocycles. The van der Waals surface area contributed by atoms with Crippen LogP contribution in [-0.2, 0) is 9.59 Å². The maximum atomic E-state index is 12.5. The lowest BCUT2D eigenvalue weighted by Crippen LogP contribution is -2.57. The molecule has 1 aromatic rings. The number of allylic oxidation sites excluding steroid dienone is 2. The standard InChI is InChI=1S/C17H18N4O4/c1-19-15(22)14(17(24)21(18)25)20(2)16(23)13-9-7-12(8-10-13)6-5-11-3-4-11/h3-4,7-11,14,25H,18H2,1-2H3,(H,19,22). The topological polar surface area (TPSA) is 116 Å². The van der Waals surface area contributed by atoms with Gasteiger partial charge in [0.1, 0.15) is 0 Å². The summed E-state index contributed by atoms with van der Waals surface area (Å²) in [5.41, 5.74) is 1.01. The van der Waals surface area contributed by atoms with E-state index >= 15 is 0 Å². The molecule has 8 nitrogen and oxygen atoms in total. The number of hydroxylamine groups is 1. The number of nitrogens with one attached hydrogen (secondary N) is 1. The van der Waals surface area contributed by atoms with Crippen molar-refractivity contribution in [3.05, 3.63) is 47.5 Å². The van der Waals surface area contributed by atoms with Gasteiger partial charge in [0, 0.05) is 25.2 Å². The van der Waals surface area contributed by atoms with Crippen LogP contribution in [0.5, 0.6) is 0 Å². The Labute approximate surface area is 144 Å². The number of hydrogen-bond acceptors (Lipinski definition) is 5. The van der Waals surface area contributed by atoms with Gasteiger partial charge in [-0.2, -0.15) is 5.17 Å². The Bertz CT molecular complexity index is 768. The monoisotopic (exact) mass is 342 g/mol. The van der Waals surface area contributed by atoms with E-state index in [1.165, 1.54) is 14.1 Å². The fourth-order valence-electron chi connectivity index (χ4n) is 2.05. The second kappa shape index (κ2) is 7.61. The summed E-state index contributed by atoms with van der Waals surface area (Å²) in [5, 5.41) is 11.2. The normalized spacial score (nSPS) is 13.3. The maximum absolute atomic E-state index is 12.5. The zero-order valence-corrected chi connectivity index (χ0v) is 13.8. The van der Waals surface area contributed by atoms with Crippen LogP contribution < -0.4 is 11.2 Å². The predicted molar refractivity (Wildman–Crippen MR) is 88.7 cm³/mol. The molecule has 0 spiro atoms. The van der Waals surface area contributed by atoms with E-state index in [4.69, 9.17) is 11.0 Å². The largest absolute Gasteiger partial charge is 0.357 e. The number of carbonyl (C=O) groups excluding carboxylic acids is 3. The molecule has 4 N–H and O–H groups in total. The number of hydrazine groups is 1. The van der Waals surface area contributed by atoms with Crippen molar-refractivity contribution >= 4 is 17.7 Å². The first kappa shape index (κ1) is 18.2. The molecule has 1 aromatic carbocycles. The molecule has 1 atom stereocenters. The number of rotatable bonds is 4. The molecule has 0 saturated heterocycles. The first-order valence-electron chi connectivity index (χ1n) is 7.41. The molecule has 25 heavy (non-hydrogen) atoms. The van der Waals surface area contributed by atoms with Crippen molar-refractivity contribution in [1.82, 2.24) is 15.4 Å². The molecule has 0 radical (unpaired) electrons. The Kier molecular flexibility index (Phi) is 5.54. The number of likely N-dealkylation sites (N-methyl/N-ethyl adjacent to an activating group) is 2. The SMILES string of the molecule is CNC(=O)C(C(=O)N(N)O)N(C)C(=O)c1ccc(C#CC2C=C2)cc1. The predicted octanol–water partition coefficient (Wildman–Crippen LogP) is -0.498. The van der Waals surface area contributed by atoms with Gasteiger partial charge in [-0.3, -0.25) is 19.6 Å². The Hall–Kier alpha value is -3.15. The van der Waals surface area contributed by atoms with E-state index in [0.29, 0.717) is 0 Å². The van der Waals surface area contributed by atoms with Crippen molar-refractivity contribution in [2.45, 2.75) is 6.04 Å². The minimum absolute atomic E-state index is 0.214. The quantitative estimate of drug-likeness (QED) is 0.130. The van der Waals surface area contributed by atoms with Gasteiger partial charge in [0.05, 0.1) is 5.92 Å². The van der Waals surface area contributed by atoms with Crippen molar-refractivity contribution < 1.29 is 19.6 Å². The number of carbonyl (C=O) groups is 3. The number of nitrogens with zero attached hydrogens (tertiary/aromatic N) is 2. The van der Waals surface area contributed by atoms with E-state index in [2.05, 4.69) is 17.2 Å². The molecule has 1 aliphatic rings. The lowest BCUT2D eigenvalue weighted by atomic mass is 10.1. The molecular formula is C17H18N4O4. The average Bonchev–Trinajstić information content (AvgIpc) is 3.43. The van der Waals surface area contributed by atoms with Crippen molar-refractivity contribution in [3.63, 3.8) is 0 Å². The van der Waals surface area contributed by atoms with E-state index in [1.54, 1.807) is 24.3 Å². The Morgan fingerprint density at radius 2 is 1.84 bits per heavy atom. The maximum Gasteiger partial charge on any atom is 0.293 e. The van der Waals surface area contributed by atoms with E-state index in [-0.39, 0.29) is 16.7 Å². The third-order valence-corrected chi connectivity index (χ3v) is 3.56. The number of hydrogen-bond donors (Lipinski definition) is 3. The molecule has 1 aliphatic carbocycles. The van der Waals surface area contributed by atoms with Crippen molar-refractivity contribution in [2.24, 2.45) is 11.8 Å². The van der Waals surface area contributed by atoms with Crippen molar-refractivity contribution in [3.8, 4) is 11.8 Å². The van der Waals surface area contributed by atoms with E-state index in [9.17, 15) is 14.4 Å². The van der Waals surface area contributed by atoms with Gasteiger partial charge in [-0.15, -0.1) is 0 Å². The van der Waals surface area contributed by atoms with Gasteiger partial charge in [0.25, 0.3) is 17.7 Å². The summed E-state index contributed by atoms with van der Waals surface area (Å²) >= 11 is 0. The molecule has 0 saturated carbocycles. The molecule has 8 heteroatoms. The van der Waals surface area contributed by atoms with Gasteiger partial charge < -0.3 is 10.2 Å². The van der Waals surface area contributed by atoms with Crippen LogP contribution in [0, 0.1) is 17.8 Å². The summed E-state index contributed by atoms with van der Waals surface area (Å²) in [6, 6.07) is 4.86. The minimum atomic E-state index is -1.59. The van der Waals surface area contributed by atoms with E-state index in [1.807, 2.05) is 12.2 Å². The number of nitrogens with two attached hydrogens (primary N) is 1. The Balaban J connectivity index is 2.17. The summed E-state index contributed by atoms with van der Waals surface area (Å²) < 4.78 is 0. The summed E-state index contributed by atoms with van der Waals surface area (Å²) in [6.07, 6.45) is 3.94. The van der Waals surface area contributed by atoms with Crippen LogP contribution in [0.1, 0.15) is 15.9 Å². The first-order valence-corrected chi connectivity index (χ1v) is 7.41. The molecule has 0 bridgehead atoms. The summed E-state index contributed by atoms with van der Waals surface area (Å²) in [6.45, 7) is 0. The third kappa shape index (κ3) is 4.44. The highest BCUT2D eigenvalue weighted by atomic mass is 16.5. The smallest absolute Gasteiger partial charge is 0.293 e. The van der Waals surface area contributed by atoms with Gasteiger partial charge in [0.2, 0.25) is 0 Å². The highest BCUT2D eigenvalue weighted by molar-refractivity contribution is 6.08. The van der Waals surface area contributed by atoms with Gasteiger partial charge >= 0.3 is 0 Å². The molecular weight excluding hydrogens is 324 g/mol. The van der Waals surface area contributed by atoms with Crippen LogP contribution in [0.2, 0.25) is 0 Å². The lowest BCUT2D eigenvalue weighted by Gasteiger charge is -2.26. The minimum Gasteiger partial charge on any atom is -0.357 e. The van der Waals surface area contributed by atoms with Crippen LogP contribution in [0.4, 0.5) is 0 Å². The number of benzene rings is 1. The molecule has 0 heterocycles. The summed E-state index contributed by atoms with van der Waals surface area (Å²) in [5.74, 6) is 8.72. The van der Waals surface area contributed by atoms with Gasteiger partial charge in [-0.25, -0.2) is 5.84 Å². The van der Waals surface area contributed by atoms with Gasteiger partial charge in [-0.05, 0) is 24.3 Å². The molecule has 1 unspecified atom stereocenters. The zero-order chi connectivity index (χ0) is 18.6. The van der Waals surface area contributed by atoms with Gasteiger partial charge in [0.15, 0.2) is 6.04 Å². The van der Waals surface area contributed by atoms with Crippen LogP contribution in [-0.4, -0.2) is 53.1 Å². The molecule has 0 fully saturated rings. The fraction of sp³-hybridized carbons (Fsp3) is 0.235. The second-order valence-electron chi connectivity index (χ2n) is 5.37. The molecule has 0 aromatic heterocycles. The highest BCUT2D eigenvalue weighted by Gasteiger charge is 2.35. The highest BCUT2D eigenvalue weighted by Crippen LogP contribution is 2.14. The fourth-order valence-corrected chi connectivity index (χ4v) is 2.05. The molecule has 130 valence electrons. The zero-order valence-electron chi connectivity index (χ0n) is 13.8. The van der Waals surface area contributed by atoms with Crippen LogP contribution in [0.25, 0.3) is 0 Å². The van der Waals surface area contributed by atoms with Crippen molar-refractivity contribution in [2.75, 3.05) is 14.1 Å². The molecule has 2 rings (SSSR count). The van der Waals surface area contributed by atoms with E-state index < -0.39 is 23.8 Å². The van der Waals surface area contributed by atoms with Crippen LogP contribution in [0.15, 0.2) is 36.4 Å². The number of amides is 3. The summed E-state index contributed by atoms with van der Waals surface area (Å²) in [7, 11) is 2.58. The second-order valence-corrected chi connectivity index (χ2v) is 5.37. The lowest BCUT2D eigenvalue weighted by molar-refractivity contribution is -0.172. The Morgan fingerprint density at radius 3 is 2.32 bits per heavy atom. The third-order valence-electron chi connectivity index (χ3n) is 3.56. The van der Waals surface area contributed by atoms with Gasteiger partial charge in [-0.1, -0.05) is 24.0 Å². The molecule has 3 amide bonds. The Morgan fingerprint density at radius 1 is 1.24 bits per heavy atom. The summed E-state index contributed by atoms with van der Waals surface area (Å²) in [4.78, 5) is 37.2. The van der Waals surface area contributed by atoms with Crippen LogP contribution >= 0.6 is 0 Å². The first-order chi connectivity index (χ1) is 11.8. The average molecular weight is 342 g/mol.